The van der Waals surface area contributed by atoms with Crippen LogP contribution < -0.4 is 0 Å². The third kappa shape index (κ3) is 6.77. The van der Waals surface area contributed by atoms with E-state index in [2.05, 4.69) is 26.8 Å². The molecule has 248 valence electrons. The van der Waals surface area contributed by atoms with Gasteiger partial charge in [-0.2, -0.15) is 0 Å². The number of rotatable bonds is 12. The molecule has 0 amide bonds. The highest BCUT2D eigenvalue weighted by atomic mass is 16.7. The van der Waals surface area contributed by atoms with E-state index in [1.54, 1.807) is 6.08 Å². The molecule has 2 heterocycles. The van der Waals surface area contributed by atoms with Gasteiger partial charge in [0.15, 0.2) is 12.6 Å². The topological polar surface area (TPSA) is 199 Å². The quantitative estimate of drug-likeness (QED) is 0.134. The molecule has 4 rings (SSSR count). The molecule has 0 radical (unpaired) electrons. The van der Waals surface area contributed by atoms with Crippen LogP contribution >= 0.6 is 0 Å². The number of aliphatic hydroxyl groups excluding tert-OH is 7. The van der Waals surface area contributed by atoms with Crippen molar-refractivity contribution in [2.75, 3.05) is 39.6 Å². The van der Waals surface area contributed by atoms with Crippen LogP contribution in [0.4, 0.5) is 0 Å². The summed E-state index contributed by atoms with van der Waals surface area (Å²) in [6, 6.07) is 0. The van der Waals surface area contributed by atoms with Crippen molar-refractivity contribution < 1.29 is 59.8 Å². The molecule has 0 aromatic rings. The lowest BCUT2D eigenvalue weighted by Crippen LogP contribution is -2.60. The van der Waals surface area contributed by atoms with E-state index in [0.717, 1.165) is 37.7 Å². The molecule has 3 fully saturated rings. The lowest BCUT2D eigenvalue weighted by Gasteiger charge is -2.59. The lowest BCUT2D eigenvalue weighted by atomic mass is 9.46. The van der Waals surface area contributed by atoms with E-state index in [-0.39, 0.29) is 43.2 Å². The monoisotopic (exact) mass is 616 g/mol. The van der Waals surface area contributed by atoms with Crippen LogP contribution in [0.1, 0.15) is 59.3 Å². The number of hydrogen-bond donors (Lipinski definition) is 8. The number of fused-ring (bicyclic) bond motifs is 1. The van der Waals surface area contributed by atoms with Crippen LogP contribution in [0.5, 0.6) is 0 Å². The molecular weight excluding hydrogens is 564 g/mol. The van der Waals surface area contributed by atoms with Gasteiger partial charge < -0.3 is 59.8 Å². The Hall–Kier alpha value is -1.00. The Morgan fingerprint density at radius 2 is 1.79 bits per heavy atom. The maximum Gasteiger partial charge on any atom is 0.186 e. The molecule has 0 spiro atoms. The van der Waals surface area contributed by atoms with Crippen molar-refractivity contribution in [2.45, 2.75) is 108 Å². The molecule has 12 nitrogen and oxygen atoms in total. The summed E-state index contributed by atoms with van der Waals surface area (Å²) in [5, 5.41) is 80.4. The molecule has 4 aliphatic rings. The predicted molar refractivity (Wildman–Crippen MR) is 153 cm³/mol. The van der Waals surface area contributed by atoms with E-state index in [0.29, 0.717) is 12.3 Å². The standard InChI is InChI=1S/C31H52O12/c1-18-7-11-30(16-41-27-25(37)24(36)23(35)21(14-33)43-27)19(2)5-4-6-22(30)29(18,3)10-8-20(13-32)9-12-40-28-26(38)31(39,15-34)17-42-28/h5,9,18,21-28,32-39H,4,6-8,10-17H2,1-3H3. The third-order valence-corrected chi connectivity index (χ3v) is 11.1. The SMILES string of the molecule is CC1=CCCC2C1(COC1OC(CO)C(O)C(O)C1O)CCC(C)C2(C)CCC(=CCOC1OCC(O)(CO)C1O)CO. The first-order valence-electron chi connectivity index (χ1n) is 15.5. The van der Waals surface area contributed by atoms with Crippen LogP contribution in [0, 0.1) is 22.7 Å². The molecular formula is C31H52O12. The van der Waals surface area contributed by atoms with E-state index in [1.807, 2.05) is 0 Å². The molecule has 0 aromatic carbocycles. The average molecular weight is 617 g/mol. The van der Waals surface area contributed by atoms with Crippen LogP contribution in [-0.4, -0.2) is 129 Å². The zero-order valence-corrected chi connectivity index (χ0v) is 25.5. The maximum atomic E-state index is 10.6. The van der Waals surface area contributed by atoms with Crippen molar-refractivity contribution in [1.82, 2.24) is 0 Å². The fourth-order valence-corrected chi connectivity index (χ4v) is 7.71. The second-order valence-corrected chi connectivity index (χ2v) is 13.4. The van der Waals surface area contributed by atoms with Crippen molar-refractivity contribution in [3.8, 4) is 0 Å². The number of ether oxygens (including phenoxy) is 4. The van der Waals surface area contributed by atoms with Gasteiger partial charge in [-0.3, -0.25) is 0 Å². The van der Waals surface area contributed by atoms with Gasteiger partial charge in [0.05, 0.1) is 39.6 Å². The maximum absolute atomic E-state index is 10.6. The van der Waals surface area contributed by atoms with Gasteiger partial charge in [-0.05, 0) is 68.3 Å². The molecule has 1 saturated carbocycles. The van der Waals surface area contributed by atoms with Gasteiger partial charge in [0.1, 0.15) is 36.1 Å². The Morgan fingerprint density at radius 1 is 1.05 bits per heavy atom. The second kappa shape index (κ2) is 14.2. The summed E-state index contributed by atoms with van der Waals surface area (Å²) < 4.78 is 22.7. The molecule has 12 unspecified atom stereocenters. The third-order valence-electron chi connectivity index (χ3n) is 11.1. The average Bonchev–Trinajstić information content (AvgIpc) is 3.29. The van der Waals surface area contributed by atoms with Crippen molar-refractivity contribution >= 4 is 0 Å². The highest BCUT2D eigenvalue weighted by Gasteiger charge is 2.56. The minimum absolute atomic E-state index is 0.0630. The van der Waals surface area contributed by atoms with Crippen LogP contribution in [0.15, 0.2) is 23.3 Å². The molecule has 2 aliphatic heterocycles. The summed E-state index contributed by atoms with van der Waals surface area (Å²) in [5.41, 5.74) is -0.203. The van der Waals surface area contributed by atoms with Gasteiger partial charge in [0.2, 0.25) is 0 Å². The summed E-state index contributed by atoms with van der Waals surface area (Å²) in [6.07, 6.45) is 0.0615. The fourth-order valence-electron chi connectivity index (χ4n) is 7.71. The predicted octanol–water partition coefficient (Wildman–Crippen LogP) is -0.262. The molecule has 12 heteroatoms. The smallest absolute Gasteiger partial charge is 0.186 e. The Kier molecular flexibility index (Phi) is 11.5. The van der Waals surface area contributed by atoms with Gasteiger partial charge in [0, 0.05) is 5.41 Å². The molecule has 0 aromatic heterocycles. The van der Waals surface area contributed by atoms with E-state index < -0.39 is 61.9 Å². The van der Waals surface area contributed by atoms with Crippen molar-refractivity contribution in [2.24, 2.45) is 22.7 Å². The molecule has 0 bridgehead atoms. The largest absolute Gasteiger partial charge is 0.394 e. The summed E-state index contributed by atoms with van der Waals surface area (Å²) in [5.74, 6) is 0.617. The lowest BCUT2D eigenvalue weighted by molar-refractivity contribution is -0.308. The number of hydrogen-bond acceptors (Lipinski definition) is 12. The Labute approximate surface area is 253 Å². The van der Waals surface area contributed by atoms with E-state index in [4.69, 9.17) is 18.9 Å². The van der Waals surface area contributed by atoms with E-state index in [1.165, 1.54) is 5.57 Å². The Bertz CT molecular complexity index is 988. The van der Waals surface area contributed by atoms with Gasteiger partial charge in [-0.15, -0.1) is 0 Å². The normalized spacial score (nSPS) is 45.6. The second-order valence-electron chi connectivity index (χ2n) is 13.4. The number of aliphatic hydroxyl groups is 8. The minimum atomic E-state index is -1.76. The van der Waals surface area contributed by atoms with Gasteiger partial charge in [0.25, 0.3) is 0 Å². The molecule has 2 aliphatic carbocycles. The van der Waals surface area contributed by atoms with Gasteiger partial charge >= 0.3 is 0 Å². The van der Waals surface area contributed by atoms with Crippen LogP contribution in [0.2, 0.25) is 0 Å². The minimum Gasteiger partial charge on any atom is -0.394 e. The molecule has 2 saturated heterocycles. The van der Waals surface area contributed by atoms with Crippen molar-refractivity contribution in [3.63, 3.8) is 0 Å². The van der Waals surface area contributed by atoms with Crippen LogP contribution in [-0.2, 0) is 18.9 Å². The first-order chi connectivity index (χ1) is 20.4. The summed E-state index contributed by atoms with van der Waals surface area (Å²) in [6.45, 7) is 5.45. The summed E-state index contributed by atoms with van der Waals surface area (Å²) in [7, 11) is 0. The highest BCUT2D eigenvalue weighted by molar-refractivity contribution is 5.23. The van der Waals surface area contributed by atoms with Gasteiger partial charge in [-0.1, -0.05) is 31.6 Å². The molecule has 8 N–H and O–H groups in total. The van der Waals surface area contributed by atoms with Crippen molar-refractivity contribution in [1.29, 1.82) is 0 Å². The highest BCUT2D eigenvalue weighted by Crippen LogP contribution is 2.62. The Morgan fingerprint density at radius 3 is 2.44 bits per heavy atom. The zero-order chi connectivity index (χ0) is 31.6. The molecule has 12 atom stereocenters. The number of allylic oxidation sites excluding steroid dienone is 1. The van der Waals surface area contributed by atoms with Gasteiger partial charge in [-0.25, -0.2) is 0 Å². The molecule has 43 heavy (non-hydrogen) atoms. The van der Waals surface area contributed by atoms with E-state index in [9.17, 15) is 40.9 Å². The van der Waals surface area contributed by atoms with Crippen molar-refractivity contribution in [3.05, 3.63) is 23.3 Å². The first kappa shape index (κ1) is 34.9. The van der Waals surface area contributed by atoms with Crippen LogP contribution in [0.25, 0.3) is 0 Å². The first-order valence-corrected chi connectivity index (χ1v) is 15.5. The Balaban J connectivity index is 1.44. The summed E-state index contributed by atoms with van der Waals surface area (Å²) >= 11 is 0. The zero-order valence-electron chi connectivity index (χ0n) is 25.5. The fraction of sp³-hybridized carbons (Fsp3) is 0.871. The van der Waals surface area contributed by atoms with E-state index >= 15 is 0 Å². The van der Waals surface area contributed by atoms with Crippen LogP contribution in [0.3, 0.4) is 0 Å². The summed E-state index contributed by atoms with van der Waals surface area (Å²) in [4.78, 5) is 0.